The monoisotopic (exact) mass is 302 g/mol. The number of aryl methyl sites for hydroxylation is 3. The molecule has 4 nitrogen and oxygen atoms in total. The number of methoxy groups -OCH3 is 1. The van der Waals surface area contributed by atoms with Crippen LogP contribution in [0.4, 0.5) is 0 Å². The van der Waals surface area contributed by atoms with E-state index >= 15 is 0 Å². The summed E-state index contributed by atoms with van der Waals surface area (Å²) in [5.41, 5.74) is 9.31. The van der Waals surface area contributed by atoms with Crippen LogP contribution >= 0.6 is 12.2 Å². The third-order valence-corrected chi connectivity index (χ3v) is 3.29. The van der Waals surface area contributed by atoms with Crippen molar-refractivity contribution in [3.05, 3.63) is 46.6 Å². The van der Waals surface area contributed by atoms with Gasteiger partial charge in [0.15, 0.2) is 11.5 Å². The number of ether oxygens (including phenoxy) is 2. The molecule has 1 heterocycles. The summed E-state index contributed by atoms with van der Waals surface area (Å²) in [7, 11) is 1.60. The molecule has 0 spiro atoms. The van der Waals surface area contributed by atoms with Crippen LogP contribution in [0.15, 0.2) is 24.3 Å². The molecular formula is C16H18N2O2S. The Morgan fingerprint density at radius 1 is 1.14 bits per heavy atom. The van der Waals surface area contributed by atoms with Crippen LogP contribution < -0.4 is 15.2 Å². The summed E-state index contributed by atoms with van der Waals surface area (Å²) in [6.45, 7) is 5.82. The van der Waals surface area contributed by atoms with Crippen molar-refractivity contribution in [2.45, 2.75) is 20.8 Å². The van der Waals surface area contributed by atoms with E-state index in [1.807, 2.05) is 45.0 Å². The van der Waals surface area contributed by atoms with Crippen molar-refractivity contribution in [2.75, 3.05) is 7.11 Å². The van der Waals surface area contributed by atoms with Gasteiger partial charge in [-0.05, 0) is 50.1 Å². The number of hydrogen-bond acceptors (Lipinski definition) is 4. The van der Waals surface area contributed by atoms with Gasteiger partial charge in [0.2, 0.25) is 5.88 Å². The molecule has 2 aromatic rings. The number of pyridine rings is 1. The fraction of sp³-hybridized carbons (Fsp3) is 0.250. The summed E-state index contributed by atoms with van der Waals surface area (Å²) in [6, 6.07) is 7.62. The Labute approximate surface area is 129 Å². The van der Waals surface area contributed by atoms with Crippen LogP contribution in [0.2, 0.25) is 0 Å². The van der Waals surface area contributed by atoms with Crippen molar-refractivity contribution in [2.24, 2.45) is 5.73 Å². The Kier molecular flexibility index (Phi) is 4.43. The zero-order valence-corrected chi connectivity index (χ0v) is 13.4. The molecule has 0 saturated carbocycles. The number of rotatable bonds is 4. The first kappa shape index (κ1) is 15.3. The Balaban J connectivity index is 2.51. The van der Waals surface area contributed by atoms with E-state index in [0.29, 0.717) is 22.9 Å². The minimum absolute atomic E-state index is 0.265. The normalized spacial score (nSPS) is 10.3. The molecule has 0 fully saturated rings. The van der Waals surface area contributed by atoms with E-state index in [0.717, 1.165) is 16.8 Å². The van der Waals surface area contributed by atoms with Crippen LogP contribution in [-0.4, -0.2) is 17.1 Å². The molecule has 110 valence electrons. The van der Waals surface area contributed by atoms with Crippen molar-refractivity contribution in [1.82, 2.24) is 4.98 Å². The summed E-state index contributed by atoms with van der Waals surface area (Å²) in [4.78, 5) is 4.67. The summed E-state index contributed by atoms with van der Waals surface area (Å²) < 4.78 is 11.2. The Hall–Kier alpha value is -2.14. The highest BCUT2D eigenvalue weighted by Crippen LogP contribution is 2.33. The molecule has 0 aliphatic carbocycles. The average molecular weight is 302 g/mol. The predicted octanol–water partition coefficient (Wildman–Crippen LogP) is 3.44. The standard InChI is InChI=1S/C16H18N2O2S/c1-9-5-6-12(13(7-9)19-4)20-16-14(15(17)21)10(2)8-11(3)18-16/h5-8H,1-4H3,(H2,17,21). The molecule has 0 aliphatic rings. The van der Waals surface area contributed by atoms with E-state index in [9.17, 15) is 0 Å². The molecule has 0 aliphatic heterocycles. The van der Waals surface area contributed by atoms with Gasteiger partial charge in [0, 0.05) is 5.69 Å². The summed E-state index contributed by atoms with van der Waals surface area (Å²) in [6.07, 6.45) is 0. The first-order valence-corrected chi connectivity index (χ1v) is 6.93. The second-order valence-corrected chi connectivity index (χ2v) is 5.32. The minimum Gasteiger partial charge on any atom is -0.493 e. The van der Waals surface area contributed by atoms with Gasteiger partial charge in [0.25, 0.3) is 0 Å². The highest BCUT2D eigenvalue weighted by molar-refractivity contribution is 7.80. The molecule has 0 unspecified atom stereocenters. The second kappa shape index (κ2) is 6.10. The van der Waals surface area contributed by atoms with Crippen LogP contribution in [0, 0.1) is 20.8 Å². The topological polar surface area (TPSA) is 57.4 Å². The summed E-state index contributed by atoms with van der Waals surface area (Å²) in [5, 5.41) is 0. The zero-order valence-electron chi connectivity index (χ0n) is 12.6. The fourth-order valence-electron chi connectivity index (χ4n) is 2.14. The molecule has 1 aromatic heterocycles. The highest BCUT2D eigenvalue weighted by atomic mass is 32.1. The molecule has 5 heteroatoms. The lowest BCUT2D eigenvalue weighted by Gasteiger charge is -2.15. The second-order valence-electron chi connectivity index (χ2n) is 4.88. The third kappa shape index (κ3) is 3.31. The molecule has 0 atom stereocenters. The van der Waals surface area contributed by atoms with Gasteiger partial charge in [-0.25, -0.2) is 4.98 Å². The molecule has 0 amide bonds. The van der Waals surface area contributed by atoms with Gasteiger partial charge in [-0.3, -0.25) is 0 Å². The summed E-state index contributed by atoms with van der Waals surface area (Å²) >= 11 is 5.11. The SMILES string of the molecule is COc1cc(C)ccc1Oc1nc(C)cc(C)c1C(N)=S. The molecule has 2 rings (SSSR count). The summed E-state index contributed by atoms with van der Waals surface area (Å²) in [5.74, 6) is 1.63. The lowest BCUT2D eigenvalue weighted by Crippen LogP contribution is -2.14. The van der Waals surface area contributed by atoms with Gasteiger partial charge >= 0.3 is 0 Å². The van der Waals surface area contributed by atoms with Gasteiger partial charge in [-0.2, -0.15) is 0 Å². The largest absolute Gasteiger partial charge is 0.493 e. The van der Waals surface area contributed by atoms with Crippen molar-refractivity contribution in [1.29, 1.82) is 0 Å². The van der Waals surface area contributed by atoms with Gasteiger partial charge in [-0.15, -0.1) is 0 Å². The van der Waals surface area contributed by atoms with Gasteiger partial charge in [0.05, 0.1) is 12.7 Å². The first-order chi connectivity index (χ1) is 9.92. The number of thiocarbonyl (C=S) groups is 1. The number of hydrogen-bond donors (Lipinski definition) is 1. The highest BCUT2D eigenvalue weighted by Gasteiger charge is 2.15. The van der Waals surface area contributed by atoms with Gasteiger partial charge in [-0.1, -0.05) is 18.3 Å². The zero-order chi connectivity index (χ0) is 15.6. The molecule has 0 radical (unpaired) electrons. The van der Waals surface area contributed by atoms with Gasteiger partial charge < -0.3 is 15.2 Å². The Morgan fingerprint density at radius 3 is 2.48 bits per heavy atom. The van der Waals surface area contributed by atoms with E-state index in [1.54, 1.807) is 7.11 Å². The molecule has 21 heavy (non-hydrogen) atoms. The Morgan fingerprint density at radius 2 is 1.86 bits per heavy atom. The van der Waals surface area contributed by atoms with Crippen LogP contribution in [0.5, 0.6) is 17.4 Å². The lowest BCUT2D eigenvalue weighted by atomic mass is 10.1. The van der Waals surface area contributed by atoms with E-state index in [2.05, 4.69) is 4.98 Å². The quantitative estimate of drug-likeness (QED) is 0.877. The molecule has 0 saturated heterocycles. The molecular weight excluding hydrogens is 284 g/mol. The average Bonchev–Trinajstić information content (AvgIpc) is 2.39. The van der Waals surface area contributed by atoms with Crippen molar-refractivity contribution in [3.8, 4) is 17.4 Å². The van der Waals surface area contributed by atoms with E-state index in [-0.39, 0.29) is 4.99 Å². The minimum atomic E-state index is 0.265. The smallest absolute Gasteiger partial charge is 0.230 e. The van der Waals surface area contributed by atoms with Crippen LogP contribution in [0.3, 0.4) is 0 Å². The number of benzene rings is 1. The third-order valence-electron chi connectivity index (χ3n) is 3.08. The van der Waals surface area contributed by atoms with E-state index < -0.39 is 0 Å². The molecule has 2 N–H and O–H groups in total. The lowest BCUT2D eigenvalue weighted by molar-refractivity contribution is 0.373. The van der Waals surface area contributed by atoms with E-state index in [4.69, 9.17) is 27.4 Å². The number of aromatic nitrogens is 1. The first-order valence-electron chi connectivity index (χ1n) is 6.53. The van der Waals surface area contributed by atoms with Gasteiger partial charge in [0.1, 0.15) is 4.99 Å². The van der Waals surface area contributed by atoms with Crippen molar-refractivity contribution < 1.29 is 9.47 Å². The van der Waals surface area contributed by atoms with Crippen molar-refractivity contribution >= 4 is 17.2 Å². The number of nitrogens with zero attached hydrogens (tertiary/aromatic N) is 1. The maximum atomic E-state index is 5.91. The number of nitrogens with two attached hydrogens (primary N) is 1. The maximum Gasteiger partial charge on any atom is 0.230 e. The van der Waals surface area contributed by atoms with Crippen LogP contribution in [-0.2, 0) is 0 Å². The fourth-order valence-corrected chi connectivity index (χ4v) is 2.39. The predicted molar refractivity (Wildman–Crippen MR) is 87.4 cm³/mol. The van der Waals surface area contributed by atoms with E-state index in [1.165, 1.54) is 0 Å². The molecule has 1 aromatic carbocycles. The van der Waals surface area contributed by atoms with Crippen LogP contribution in [0.1, 0.15) is 22.4 Å². The maximum absolute atomic E-state index is 5.91. The van der Waals surface area contributed by atoms with Crippen LogP contribution in [0.25, 0.3) is 0 Å². The van der Waals surface area contributed by atoms with Crippen molar-refractivity contribution in [3.63, 3.8) is 0 Å². The molecule has 0 bridgehead atoms. The Bertz CT molecular complexity index is 699.